The highest BCUT2D eigenvalue weighted by atomic mass is 16.5. The molecule has 0 aliphatic heterocycles. The molecule has 0 spiro atoms. The highest BCUT2D eigenvalue weighted by Gasteiger charge is 2.24. The molecule has 1 amide bonds. The number of hydrogen-bond acceptors (Lipinski definition) is 3. The van der Waals surface area contributed by atoms with Gasteiger partial charge in [0.1, 0.15) is 11.8 Å². The lowest BCUT2D eigenvalue weighted by Crippen LogP contribution is -2.34. The summed E-state index contributed by atoms with van der Waals surface area (Å²) in [6.07, 6.45) is 0. The van der Waals surface area contributed by atoms with Crippen LogP contribution in [0.1, 0.15) is 35.7 Å². The molecule has 4 heteroatoms. The Labute approximate surface area is 189 Å². The van der Waals surface area contributed by atoms with Gasteiger partial charge in [0, 0.05) is 6.04 Å². The van der Waals surface area contributed by atoms with Gasteiger partial charge in [-0.25, -0.2) is 0 Å². The maximum Gasteiger partial charge on any atom is 0.246 e. The van der Waals surface area contributed by atoms with E-state index >= 15 is 0 Å². The summed E-state index contributed by atoms with van der Waals surface area (Å²) in [6, 6.07) is 29.7. The fourth-order valence-electron chi connectivity index (χ4n) is 3.92. The summed E-state index contributed by atoms with van der Waals surface area (Å²) < 4.78 is 5.44. The normalized spacial score (nSPS) is 12.8. The van der Waals surface area contributed by atoms with E-state index in [4.69, 9.17) is 4.74 Å². The fourth-order valence-corrected chi connectivity index (χ4v) is 3.92. The van der Waals surface area contributed by atoms with Gasteiger partial charge < -0.3 is 10.1 Å². The molecule has 32 heavy (non-hydrogen) atoms. The molecule has 0 saturated carbocycles. The first-order valence-electron chi connectivity index (χ1n) is 10.8. The second kappa shape index (κ2) is 9.67. The molecule has 0 heterocycles. The Balaban J connectivity index is 1.62. The second-order valence-corrected chi connectivity index (χ2v) is 8.03. The molecule has 4 rings (SSSR count). The average molecular weight is 425 g/mol. The molecule has 4 aromatic rings. The second-order valence-electron chi connectivity index (χ2n) is 8.03. The molecule has 0 aromatic heterocycles. The van der Waals surface area contributed by atoms with Gasteiger partial charge in [-0.2, -0.15) is 0 Å². The van der Waals surface area contributed by atoms with Crippen molar-refractivity contribution in [3.63, 3.8) is 0 Å². The molecule has 0 unspecified atom stereocenters. The van der Waals surface area contributed by atoms with Gasteiger partial charge in [0.2, 0.25) is 5.91 Å². The predicted molar refractivity (Wildman–Crippen MR) is 131 cm³/mol. The van der Waals surface area contributed by atoms with Gasteiger partial charge in [-0.1, -0.05) is 72.8 Å². The molecule has 0 radical (unpaired) electrons. The third kappa shape index (κ3) is 4.82. The van der Waals surface area contributed by atoms with Crippen molar-refractivity contribution in [1.82, 2.24) is 5.32 Å². The van der Waals surface area contributed by atoms with Crippen molar-refractivity contribution in [2.24, 2.45) is 0 Å². The van der Waals surface area contributed by atoms with Gasteiger partial charge in [-0.15, -0.1) is 0 Å². The zero-order valence-electron chi connectivity index (χ0n) is 18.6. The lowest BCUT2D eigenvalue weighted by molar-refractivity contribution is -0.118. The van der Waals surface area contributed by atoms with E-state index in [1.165, 1.54) is 10.8 Å². The molecule has 0 aliphatic carbocycles. The van der Waals surface area contributed by atoms with Crippen molar-refractivity contribution < 1.29 is 9.53 Å². The highest BCUT2D eigenvalue weighted by Crippen LogP contribution is 2.28. The zero-order valence-corrected chi connectivity index (χ0v) is 18.6. The minimum absolute atomic E-state index is 0.0324. The summed E-state index contributed by atoms with van der Waals surface area (Å²) >= 11 is 0. The maximum atomic E-state index is 13.4. The molecule has 4 nitrogen and oxygen atoms in total. The first-order chi connectivity index (χ1) is 15.5. The van der Waals surface area contributed by atoms with Crippen LogP contribution >= 0.6 is 0 Å². The molecule has 4 aromatic carbocycles. The van der Waals surface area contributed by atoms with Crippen LogP contribution in [0.5, 0.6) is 5.75 Å². The smallest absolute Gasteiger partial charge is 0.246 e. The monoisotopic (exact) mass is 424 g/mol. The molecule has 0 saturated heterocycles. The largest absolute Gasteiger partial charge is 0.495 e. The van der Waals surface area contributed by atoms with Crippen LogP contribution in [0.3, 0.4) is 0 Å². The van der Waals surface area contributed by atoms with E-state index in [9.17, 15) is 4.79 Å². The van der Waals surface area contributed by atoms with Crippen LogP contribution in [0, 0.1) is 6.92 Å². The van der Waals surface area contributed by atoms with E-state index in [1.54, 1.807) is 7.11 Å². The van der Waals surface area contributed by atoms with E-state index in [2.05, 4.69) is 47.9 Å². The standard InChI is InChI=1S/C28H28N2O2/c1-19-13-16-26(32-3)25(17-19)30-28(31)27(22-10-5-4-6-11-22)29-20(2)23-15-14-21-9-7-8-12-24(21)18-23/h4-18,20,27,29H,1-3H3,(H,30,31)/t20-,27-/m0/s1. The number of aryl methyl sites for hydroxylation is 1. The molecule has 0 aliphatic rings. The van der Waals surface area contributed by atoms with E-state index in [-0.39, 0.29) is 11.9 Å². The number of benzene rings is 4. The summed E-state index contributed by atoms with van der Waals surface area (Å²) in [7, 11) is 1.61. The number of anilines is 1. The first kappa shape index (κ1) is 21.6. The summed E-state index contributed by atoms with van der Waals surface area (Å²) in [4.78, 5) is 13.4. The number of hydrogen-bond donors (Lipinski definition) is 2. The van der Waals surface area contributed by atoms with E-state index < -0.39 is 6.04 Å². The van der Waals surface area contributed by atoms with Gasteiger partial charge in [0.05, 0.1) is 12.8 Å². The lowest BCUT2D eigenvalue weighted by Gasteiger charge is -2.24. The number of methoxy groups -OCH3 is 1. The van der Waals surface area contributed by atoms with Crippen LogP contribution in [0.15, 0.2) is 91.0 Å². The van der Waals surface area contributed by atoms with Crippen LogP contribution in [0.4, 0.5) is 5.69 Å². The summed E-state index contributed by atoms with van der Waals surface area (Å²) in [5.74, 6) is 0.506. The number of fused-ring (bicyclic) bond motifs is 1. The van der Waals surface area contributed by atoms with Crippen molar-refractivity contribution in [2.75, 3.05) is 12.4 Å². The number of carbonyl (C=O) groups is 1. The Bertz CT molecular complexity index is 1220. The molecule has 162 valence electrons. The van der Waals surface area contributed by atoms with Crippen LogP contribution in [0.25, 0.3) is 10.8 Å². The maximum absolute atomic E-state index is 13.4. The lowest BCUT2D eigenvalue weighted by atomic mass is 10.00. The quantitative estimate of drug-likeness (QED) is 0.372. The highest BCUT2D eigenvalue weighted by molar-refractivity contribution is 5.97. The third-order valence-corrected chi connectivity index (χ3v) is 5.70. The SMILES string of the molecule is COc1ccc(C)cc1NC(=O)[C@@H](N[C@@H](C)c1ccc2ccccc2c1)c1ccccc1. The molecule has 0 bridgehead atoms. The van der Waals surface area contributed by atoms with Crippen molar-refractivity contribution in [2.45, 2.75) is 25.9 Å². The summed E-state index contributed by atoms with van der Waals surface area (Å²) in [5.41, 5.74) is 3.75. The molecular formula is C28H28N2O2. The molecule has 0 fully saturated rings. The van der Waals surface area contributed by atoms with Crippen molar-refractivity contribution in [3.05, 3.63) is 108 Å². The number of ether oxygens (including phenoxy) is 1. The minimum Gasteiger partial charge on any atom is -0.495 e. The van der Waals surface area contributed by atoms with E-state index in [1.807, 2.05) is 67.6 Å². The van der Waals surface area contributed by atoms with E-state index in [0.29, 0.717) is 11.4 Å². The molecule has 2 atom stereocenters. The summed E-state index contributed by atoms with van der Waals surface area (Å²) in [5, 5.41) is 8.98. The van der Waals surface area contributed by atoms with Gasteiger partial charge in [-0.05, 0) is 59.5 Å². The minimum atomic E-state index is -0.525. The van der Waals surface area contributed by atoms with Gasteiger partial charge in [0.25, 0.3) is 0 Å². The van der Waals surface area contributed by atoms with Crippen LogP contribution in [-0.4, -0.2) is 13.0 Å². The zero-order chi connectivity index (χ0) is 22.5. The first-order valence-corrected chi connectivity index (χ1v) is 10.8. The van der Waals surface area contributed by atoms with E-state index in [0.717, 1.165) is 16.7 Å². The molecule has 2 N–H and O–H groups in total. The van der Waals surface area contributed by atoms with Gasteiger partial charge >= 0.3 is 0 Å². The van der Waals surface area contributed by atoms with Crippen molar-refractivity contribution in [3.8, 4) is 5.75 Å². The van der Waals surface area contributed by atoms with Gasteiger partial charge in [0.15, 0.2) is 0 Å². The Hall–Kier alpha value is -3.63. The van der Waals surface area contributed by atoms with Gasteiger partial charge in [-0.3, -0.25) is 10.1 Å². The third-order valence-electron chi connectivity index (χ3n) is 5.70. The Kier molecular flexibility index (Phi) is 6.52. The average Bonchev–Trinajstić information content (AvgIpc) is 2.82. The van der Waals surface area contributed by atoms with Crippen molar-refractivity contribution in [1.29, 1.82) is 0 Å². The Morgan fingerprint density at radius 1 is 0.812 bits per heavy atom. The predicted octanol–water partition coefficient (Wildman–Crippen LogP) is 6.19. The van der Waals surface area contributed by atoms with Crippen LogP contribution < -0.4 is 15.4 Å². The topological polar surface area (TPSA) is 50.4 Å². The fraction of sp³-hybridized carbons (Fsp3) is 0.179. The number of rotatable bonds is 7. The Morgan fingerprint density at radius 2 is 1.53 bits per heavy atom. The van der Waals surface area contributed by atoms with Crippen LogP contribution in [-0.2, 0) is 4.79 Å². The van der Waals surface area contributed by atoms with Crippen LogP contribution in [0.2, 0.25) is 0 Å². The summed E-state index contributed by atoms with van der Waals surface area (Å²) in [6.45, 7) is 4.07. The number of carbonyl (C=O) groups excluding carboxylic acids is 1. The Morgan fingerprint density at radius 3 is 2.28 bits per heavy atom. The number of nitrogens with one attached hydrogen (secondary N) is 2. The van der Waals surface area contributed by atoms with Crippen molar-refractivity contribution >= 4 is 22.4 Å². The molecular weight excluding hydrogens is 396 g/mol. The number of amides is 1.